The molecule has 0 saturated carbocycles. The predicted octanol–water partition coefficient (Wildman–Crippen LogP) is 4.14. The van der Waals surface area contributed by atoms with Crippen LogP contribution < -0.4 is 10.1 Å². The van der Waals surface area contributed by atoms with Gasteiger partial charge in [0.25, 0.3) is 0 Å². The molecule has 0 bridgehead atoms. The number of benzene rings is 2. The van der Waals surface area contributed by atoms with E-state index in [2.05, 4.69) is 16.4 Å². The average Bonchev–Trinajstić information content (AvgIpc) is 3.19. The Labute approximate surface area is 197 Å². The first-order valence-corrected chi connectivity index (χ1v) is 11.6. The second kappa shape index (κ2) is 12.2. The third kappa shape index (κ3) is 8.03. The van der Waals surface area contributed by atoms with E-state index >= 15 is 0 Å². The Balaban J connectivity index is 1.47. The molecule has 0 saturated heterocycles. The predicted molar refractivity (Wildman–Crippen MR) is 127 cm³/mol. The summed E-state index contributed by atoms with van der Waals surface area (Å²) in [6.07, 6.45) is -0.642. The highest BCUT2D eigenvalue weighted by Crippen LogP contribution is 2.21. The number of carboxylic acids is 1. The van der Waals surface area contributed by atoms with Gasteiger partial charge in [0.05, 0.1) is 16.8 Å². The molecular formula is C24H29N3O5S. The molecule has 0 unspecified atom stereocenters. The van der Waals surface area contributed by atoms with Gasteiger partial charge < -0.3 is 19.9 Å². The number of nitrogens with one attached hydrogen (secondary N) is 1. The van der Waals surface area contributed by atoms with E-state index in [1.165, 1.54) is 9.60 Å². The van der Waals surface area contributed by atoms with Gasteiger partial charge in [0.2, 0.25) is 0 Å². The highest BCUT2D eigenvalue weighted by atomic mass is 32.1. The van der Waals surface area contributed by atoms with Crippen molar-refractivity contribution < 1.29 is 24.2 Å². The zero-order chi connectivity index (χ0) is 23.6. The van der Waals surface area contributed by atoms with Crippen LogP contribution in [0.1, 0.15) is 24.4 Å². The van der Waals surface area contributed by atoms with Crippen LogP contribution in [0.2, 0.25) is 0 Å². The number of amides is 1. The third-order valence-electron chi connectivity index (χ3n) is 4.56. The standard InChI is InChI=1S/C24H29N3O5S/c1-17(2)16-32-24(30)27(15-23(28)29)14-18-6-5-7-19(12-18)31-11-10-25-13-22-26-20-8-3-4-9-21(20)33-22/h3-9,12,17,25H,10-11,13-16H2,1-2H3,(H,28,29). The van der Waals surface area contributed by atoms with Gasteiger partial charge >= 0.3 is 12.1 Å². The Bertz CT molecular complexity index is 1040. The number of aromatic nitrogens is 1. The van der Waals surface area contributed by atoms with Crippen molar-refractivity contribution in [2.45, 2.75) is 26.9 Å². The Morgan fingerprint density at radius 2 is 2.00 bits per heavy atom. The number of rotatable bonds is 12. The molecule has 0 aliphatic heterocycles. The molecule has 3 rings (SSSR count). The van der Waals surface area contributed by atoms with Crippen LogP contribution in [-0.2, 0) is 22.6 Å². The third-order valence-corrected chi connectivity index (χ3v) is 5.59. The fourth-order valence-corrected chi connectivity index (χ4v) is 4.00. The van der Waals surface area contributed by atoms with Crippen molar-refractivity contribution >= 4 is 33.6 Å². The number of hydrogen-bond acceptors (Lipinski definition) is 7. The molecular weight excluding hydrogens is 442 g/mol. The largest absolute Gasteiger partial charge is 0.492 e. The van der Waals surface area contributed by atoms with Crippen molar-refractivity contribution in [3.05, 3.63) is 59.1 Å². The van der Waals surface area contributed by atoms with Gasteiger partial charge in [-0.1, -0.05) is 38.1 Å². The molecule has 0 fully saturated rings. The summed E-state index contributed by atoms with van der Waals surface area (Å²) in [5, 5.41) is 13.5. The van der Waals surface area contributed by atoms with E-state index in [4.69, 9.17) is 14.6 Å². The van der Waals surface area contributed by atoms with E-state index in [1.54, 1.807) is 17.4 Å². The SMILES string of the molecule is CC(C)COC(=O)N(CC(=O)O)Cc1cccc(OCCNCc2nc3ccccc3s2)c1. The monoisotopic (exact) mass is 471 g/mol. The normalized spacial score (nSPS) is 11.0. The number of para-hydroxylation sites is 1. The summed E-state index contributed by atoms with van der Waals surface area (Å²) >= 11 is 1.67. The minimum Gasteiger partial charge on any atom is -0.492 e. The number of fused-ring (bicyclic) bond motifs is 1. The van der Waals surface area contributed by atoms with Crippen LogP contribution in [0, 0.1) is 5.92 Å². The quantitative estimate of drug-likeness (QED) is 0.383. The van der Waals surface area contributed by atoms with Gasteiger partial charge in [0, 0.05) is 19.6 Å². The molecule has 2 aromatic carbocycles. The molecule has 0 radical (unpaired) electrons. The first kappa shape index (κ1) is 24.5. The van der Waals surface area contributed by atoms with Gasteiger partial charge in [-0.2, -0.15) is 0 Å². The molecule has 176 valence electrons. The Hall–Kier alpha value is -3.17. The van der Waals surface area contributed by atoms with Gasteiger partial charge in [-0.3, -0.25) is 9.69 Å². The van der Waals surface area contributed by atoms with Crippen molar-refractivity contribution in [2.24, 2.45) is 5.92 Å². The van der Waals surface area contributed by atoms with E-state index < -0.39 is 18.6 Å². The smallest absolute Gasteiger partial charge is 0.410 e. The second-order valence-electron chi connectivity index (χ2n) is 7.97. The highest BCUT2D eigenvalue weighted by Gasteiger charge is 2.19. The maximum absolute atomic E-state index is 12.3. The Kier molecular flexibility index (Phi) is 9.03. The van der Waals surface area contributed by atoms with Gasteiger partial charge in [0.15, 0.2) is 0 Å². The molecule has 0 aliphatic carbocycles. The van der Waals surface area contributed by atoms with E-state index in [9.17, 15) is 9.59 Å². The summed E-state index contributed by atoms with van der Waals surface area (Å²) in [5.74, 6) is -0.274. The summed E-state index contributed by atoms with van der Waals surface area (Å²) in [4.78, 5) is 29.2. The summed E-state index contributed by atoms with van der Waals surface area (Å²) < 4.78 is 12.2. The van der Waals surface area contributed by atoms with Gasteiger partial charge in [0.1, 0.15) is 23.9 Å². The summed E-state index contributed by atoms with van der Waals surface area (Å²) in [6, 6.07) is 15.3. The van der Waals surface area contributed by atoms with Crippen LogP contribution >= 0.6 is 11.3 Å². The van der Waals surface area contributed by atoms with E-state index in [0.717, 1.165) is 16.1 Å². The maximum atomic E-state index is 12.3. The molecule has 0 atom stereocenters. The lowest BCUT2D eigenvalue weighted by Gasteiger charge is -2.21. The number of carbonyl (C=O) groups is 2. The van der Waals surface area contributed by atoms with Gasteiger partial charge in [-0.05, 0) is 35.7 Å². The van der Waals surface area contributed by atoms with Crippen molar-refractivity contribution in [1.82, 2.24) is 15.2 Å². The lowest BCUT2D eigenvalue weighted by molar-refractivity contribution is -0.138. The lowest BCUT2D eigenvalue weighted by Crippen LogP contribution is -2.36. The molecule has 1 amide bonds. The van der Waals surface area contributed by atoms with Crippen LogP contribution in [0.3, 0.4) is 0 Å². The summed E-state index contributed by atoms with van der Waals surface area (Å²) in [6.45, 7) is 5.55. The van der Waals surface area contributed by atoms with Crippen LogP contribution in [-0.4, -0.2) is 53.4 Å². The number of hydrogen-bond donors (Lipinski definition) is 2. The van der Waals surface area contributed by atoms with E-state index in [1.807, 2.05) is 50.2 Å². The van der Waals surface area contributed by atoms with Crippen molar-refractivity contribution in [3.63, 3.8) is 0 Å². The van der Waals surface area contributed by atoms with Gasteiger partial charge in [-0.25, -0.2) is 9.78 Å². The van der Waals surface area contributed by atoms with Crippen molar-refractivity contribution in [2.75, 3.05) is 26.3 Å². The number of aliphatic carboxylic acids is 1. The van der Waals surface area contributed by atoms with Crippen LogP contribution in [0.15, 0.2) is 48.5 Å². The highest BCUT2D eigenvalue weighted by molar-refractivity contribution is 7.18. The number of ether oxygens (including phenoxy) is 2. The number of thiazole rings is 1. The van der Waals surface area contributed by atoms with E-state index in [-0.39, 0.29) is 19.1 Å². The summed E-state index contributed by atoms with van der Waals surface area (Å²) in [5.41, 5.74) is 1.77. The van der Waals surface area contributed by atoms with Crippen LogP contribution in [0.25, 0.3) is 10.2 Å². The first-order chi connectivity index (χ1) is 15.9. The first-order valence-electron chi connectivity index (χ1n) is 10.8. The zero-order valence-corrected chi connectivity index (χ0v) is 19.6. The fraction of sp³-hybridized carbons (Fsp3) is 0.375. The van der Waals surface area contributed by atoms with Gasteiger partial charge in [-0.15, -0.1) is 11.3 Å². The second-order valence-corrected chi connectivity index (χ2v) is 9.08. The van der Waals surface area contributed by atoms with Crippen LogP contribution in [0.4, 0.5) is 4.79 Å². The molecule has 9 heteroatoms. The zero-order valence-electron chi connectivity index (χ0n) is 18.8. The maximum Gasteiger partial charge on any atom is 0.410 e. The fourth-order valence-electron chi connectivity index (χ4n) is 3.06. The minimum absolute atomic E-state index is 0.121. The minimum atomic E-state index is -1.09. The number of nitrogens with zero attached hydrogens (tertiary/aromatic N) is 2. The van der Waals surface area contributed by atoms with Crippen molar-refractivity contribution in [1.29, 1.82) is 0 Å². The van der Waals surface area contributed by atoms with Crippen molar-refractivity contribution in [3.8, 4) is 5.75 Å². The number of carbonyl (C=O) groups excluding carboxylic acids is 1. The molecule has 0 aliphatic rings. The molecule has 2 N–H and O–H groups in total. The average molecular weight is 472 g/mol. The summed E-state index contributed by atoms with van der Waals surface area (Å²) in [7, 11) is 0. The molecule has 3 aromatic rings. The lowest BCUT2D eigenvalue weighted by atomic mass is 10.2. The topological polar surface area (TPSA) is 101 Å². The van der Waals surface area contributed by atoms with E-state index in [0.29, 0.717) is 25.4 Å². The molecule has 1 heterocycles. The molecule has 0 spiro atoms. The Morgan fingerprint density at radius 3 is 2.76 bits per heavy atom. The van der Waals surface area contributed by atoms with Crippen LogP contribution in [0.5, 0.6) is 5.75 Å². The molecule has 33 heavy (non-hydrogen) atoms. The molecule has 1 aromatic heterocycles. The Morgan fingerprint density at radius 1 is 1.18 bits per heavy atom. The molecule has 8 nitrogen and oxygen atoms in total. The number of carboxylic acid groups (broad SMARTS) is 1.